The lowest BCUT2D eigenvalue weighted by atomic mass is 10.1. The van der Waals surface area contributed by atoms with E-state index in [1.54, 1.807) is 0 Å². The van der Waals surface area contributed by atoms with E-state index in [4.69, 9.17) is 5.73 Å². The summed E-state index contributed by atoms with van der Waals surface area (Å²) in [7, 11) is 1.36. The Morgan fingerprint density at radius 3 is 2.48 bits per heavy atom. The summed E-state index contributed by atoms with van der Waals surface area (Å²) in [5.74, 6) is -0.321. The number of hydrogen-bond donors (Lipinski definition) is 1. The van der Waals surface area contributed by atoms with Crippen LogP contribution in [0, 0.1) is 13.8 Å². The van der Waals surface area contributed by atoms with Gasteiger partial charge in [0.15, 0.2) is 5.78 Å². The van der Waals surface area contributed by atoms with Crippen LogP contribution in [0.5, 0.6) is 0 Å². The van der Waals surface area contributed by atoms with Crippen LogP contribution in [0.4, 0.5) is 5.82 Å². The van der Waals surface area contributed by atoms with E-state index in [2.05, 4.69) is 0 Å². The summed E-state index contributed by atoms with van der Waals surface area (Å²) in [4.78, 5) is 38.1. The van der Waals surface area contributed by atoms with Gasteiger partial charge in [-0.2, -0.15) is 0 Å². The number of aromatic nitrogens is 2. The van der Waals surface area contributed by atoms with Crippen LogP contribution in [0.1, 0.15) is 34.8 Å². The first-order chi connectivity index (χ1) is 11.8. The molecule has 0 aliphatic heterocycles. The molecule has 0 fully saturated rings. The number of carbonyl (C=O) groups is 1. The van der Waals surface area contributed by atoms with Crippen LogP contribution < -0.4 is 17.0 Å². The predicted molar refractivity (Wildman–Crippen MR) is 102 cm³/mol. The summed E-state index contributed by atoms with van der Waals surface area (Å²) in [6, 6.07) is 5.95. The number of Topliss-reactive ketones (excluding diaryl/α,β-unsaturated/α-hetero) is 1. The number of rotatable bonds is 6. The van der Waals surface area contributed by atoms with E-state index >= 15 is 0 Å². The summed E-state index contributed by atoms with van der Waals surface area (Å²) < 4.78 is 2.23. The van der Waals surface area contributed by atoms with Crippen molar-refractivity contribution in [3.63, 3.8) is 0 Å². The lowest BCUT2D eigenvalue weighted by molar-refractivity contribution is 0.102. The number of anilines is 1. The molecule has 0 amide bonds. The summed E-state index contributed by atoms with van der Waals surface area (Å²) in [5, 5.41) is 0. The van der Waals surface area contributed by atoms with Crippen molar-refractivity contribution >= 4 is 23.4 Å². The Morgan fingerprint density at radius 2 is 1.88 bits per heavy atom. The molecule has 0 radical (unpaired) electrons. The third-order valence-electron chi connectivity index (χ3n) is 4.16. The van der Waals surface area contributed by atoms with Crippen molar-refractivity contribution < 1.29 is 4.79 Å². The van der Waals surface area contributed by atoms with Crippen molar-refractivity contribution in [3.8, 4) is 0 Å². The van der Waals surface area contributed by atoms with E-state index in [1.165, 1.54) is 28.9 Å². The molecule has 0 saturated carbocycles. The van der Waals surface area contributed by atoms with E-state index in [0.29, 0.717) is 13.0 Å². The Labute approximate surface area is 150 Å². The Morgan fingerprint density at radius 1 is 1.20 bits per heavy atom. The largest absolute Gasteiger partial charge is 0.384 e. The zero-order valence-corrected chi connectivity index (χ0v) is 15.8. The van der Waals surface area contributed by atoms with Gasteiger partial charge in [0, 0.05) is 18.5 Å². The first-order valence-electron chi connectivity index (χ1n) is 8.10. The first kappa shape index (κ1) is 19.1. The van der Waals surface area contributed by atoms with Gasteiger partial charge in [0.1, 0.15) is 11.4 Å². The molecule has 2 rings (SSSR count). The number of ketones is 1. The highest BCUT2D eigenvalue weighted by Gasteiger charge is 2.21. The fourth-order valence-electron chi connectivity index (χ4n) is 2.51. The molecule has 1 aromatic carbocycles. The normalized spacial score (nSPS) is 10.9. The quantitative estimate of drug-likeness (QED) is 0.629. The summed E-state index contributed by atoms with van der Waals surface area (Å²) in [6.07, 6.45) is 0.674. The molecule has 0 atom stereocenters. The molecule has 6 nitrogen and oxygen atoms in total. The minimum Gasteiger partial charge on any atom is -0.384 e. The van der Waals surface area contributed by atoms with Crippen LogP contribution in [0.2, 0.25) is 0 Å². The maximum absolute atomic E-state index is 12.6. The molecule has 0 saturated heterocycles. The smallest absolute Gasteiger partial charge is 0.332 e. The second-order valence-electron chi connectivity index (χ2n) is 6.02. The second kappa shape index (κ2) is 7.74. The van der Waals surface area contributed by atoms with E-state index < -0.39 is 11.2 Å². The van der Waals surface area contributed by atoms with Gasteiger partial charge in [-0.05, 0) is 43.5 Å². The summed E-state index contributed by atoms with van der Waals surface area (Å²) >= 11 is 1.35. The second-order valence-corrected chi connectivity index (χ2v) is 7.07. The van der Waals surface area contributed by atoms with Crippen molar-refractivity contribution in [2.24, 2.45) is 7.05 Å². The van der Waals surface area contributed by atoms with Gasteiger partial charge in [-0.1, -0.05) is 13.0 Å². The molecular weight excluding hydrogens is 338 g/mol. The topological polar surface area (TPSA) is 87.1 Å². The van der Waals surface area contributed by atoms with Crippen LogP contribution in [0.15, 0.2) is 32.7 Å². The number of nitrogens with zero attached hydrogens (tertiary/aromatic N) is 2. The van der Waals surface area contributed by atoms with Gasteiger partial charge >= 0.3 is 5.69 Å². The van der Waals surface area contributed by atoms with Crippen molar-refractivity contribution in [2.45, 2.75) is 38.6 Å². The monoisotopic (exact) mass is 361 g/mol. The number of thioether (sulfide) groups is 1. The average Bonchev–Trinajstić information content (AvgIpc) is 2.58. The van der Waals surface area contributed by atoms with Gasteiger partial charge < -0.3 is 5.73 Å². The third-order valence-corrected chi connectivity index (χ3v) is 5.15. The molecule has 7 heteroatoms. The number of aryl methyl sites for hydroxylation is 2. The van der Waals surface area contributed by atoms with E-state index in [9.17, 15) is 14.4 Å². The number of hydrogen-bond acceptors (Lipinski definition) is 5. The Hall–Kier alpha value is -2.28. The molecule has 0 bridgehead atoms. The van der Waals surface area contributed by atoms with Crippen molar-refractivity contribution in [3.05, 3.63) is 55.7 Å². The molecule has 25 heavy (non-hydrogen) atoms. The van der Waals surface area contributed by atoms with Gasteiger partial charge in [0.2, 0.25) is 0 Å². The molecule has 0 aliphatic rings. The molecule has 134 valence electrons. The van der Waals surface area contributed by atoms with Gasteiger partial charge in [-0.3, -0.25) is 18.7 Å². The van der Waals surface area contributed by atoms with Crippen LogP contribution >= 0.6 is 11.8 Å². The fraction of sp³-hybridized carbons (Fsp3) is 0.389. The minimum absolute atomic E-state index is 0.0411. The van der Waals surface area contributed by atoms with Crippen LogP contribution in [0.25, 0.3) is 0 Å². The Bertz CT molecular complexity index is 928. The van der Waals surface area contributed by atoms with Crippen LogP contribution in [-0.2, 0) is 13.6 Å². The predicted octanol–water partition coefficient (Wildman–Crippen LogP) is 2.13. The van der Waals surface area contributed by atoms with E-state index in [0.717, 1.165) is 15.0 Å². The zero-order valence-electron chi connectivity index (χ0n) is 15.0. The lowest BCUT2D eigenvalue weighted by Gasteiger charge is -2.13. The molecule has 1 heterocycles. The number of nitrogen functional groups attached to an aromatic ring is 1. The zero-order chi connectivity index (χ0) is 18.7. The highest BCUT2D eigenvalue weighted by Crippen LogP contribution is 2.22. The summed E-state index contributed by atoms with van der Waals surface area (Å²) in [5.41, 5.74) is 7.06. The van der Waals surface area contributed by atoms with E-state index in [-0.39, 0.29) is 22.9 Å². The van der Waals surface area contributed by atoms with Crippen molar-refractivity contribution in [2.75, 3.05) is 11.5 Å². The van der Waals surface area contributed by atoms with Gasteiger partial charge in [0.25, 0.3) is 5.56 Å². The molecule has 0 spiro atoms. The standard InChI is InChI=1S/C18H23N3O3S/c1-5-8-21-16(19)15(17(23)20(4)18(21)24)14(22)10-25-13-7-6-11(2)12(3)9-13/h6-7,9H,5,8,10,19H2,1-4H3. The average molecular weight is 361 g/mol. The number of benzene rings is 1. The fourth-order valence-corrected chi connectivity index (χ4v) is 3.38. The van der Waals surface area contributed by atoms with Crippen LogP contribution in [-0.4, -0.2) is 20.7 Å². The molecule has 2 N–H and O–H groups in total. The Balaban J connectivity index is 2.34. The molecule has 0 unspecified atom stereocenters. The van der Waals surface area contributed by atoms with E-state index in [1.807, 2.05) is 39.0 Å². The van der Waals surface area contributed by atoms with Crippen molar-refractivity contribution in [1.82, 2.24) is 9.13 Å². The SMILES string of the molecule is CCCn1c(N)c(C(=O)CSc2ccc(C)c(C)c2)c(=O)n(C)c1=O. The minimum atomic E-state index is -0.638. The summed E-state index contributed by atoms with van der Waals surface area (Å²) in [6.45, 7) is 6.29. The van der Waals surface area contributed by atoms with Gasteiger partial charge in [-0.15, -0.1) is 11.8 Å². The maximum Gasteiger partial charge on any atom is 0.332 e. The van der Waals surface area contributed by atoms with Gasteiger partial charge in [-0.25, -0.2) is 4.79 Å². The van der Waals surface area contributed by atoms with Crippen LogP contribution in [0.3, 0.4) is 0 Å². The van der Waals surface area contributed by atoms with Crippen molar-refractivity contribution in [1.29, 1.82) is 0 Å². The number of carbonyl (C=O) groups excluding carboxylic acids is 1. The molecule has 2 aromatic rings. The molecule has 1 aromatic heterocycles. The molecule has 0 aliphatic carbocycles. The Kier molecular flexibility index (Phi) is 5.89. The third kappa shape index (κ3) is 3.87. The maximum atomic E-state index is 12.6. The lowest BCUT2D eigenvalue weighted by Crippen LogP contribution is -2.42. The highest BCUT2D eigenvalue weighted by atomic mass is 32.2. The molecular formula is C18H23N3O3S. The first-order valence-corrected chi connectivity index (χ1v) is 9.09. The highest BCUT2D eigenvalue weighted by molar-refractivity contribution is 8.00. The van der Waals surface area contributed by atoms with Gasteiger partial charge in [0.05, 0.1) is 5.75 Å². The number of nitrogens with two attached hydrogens (primary N) is 1.